The van der Waals surface area contributed by atoms with Crippen molar-refractivity contribution in [3.05, 3.63) is 29.6 Å². The number of benzene rings is 1. The number of aryl methyl sites for hydroxylation is 1. The maximum absolute atomic E-state index is 12.1. The molecule has 2 heterocycles. The number of aliphatic hydroxyl groups excluding tert-OH is 1. The number of piperidine rings is 1. The molecule has 0 radical (unpaired) electrons. The first-order valence-electron chi connectivity index (χ1n) is 8.72. The van der Waals surface area contributed by atoms with Gasteiger partial charge in [-0.15, -0.1) is 0 Å². The lowest BCUT2D eigenvalue weighted by Gasteiger charge is -2.34. The maximum Gasteiger partial charge on any atom is 0.224 e. The lowest BCUT2D eigenvalue weighted by atomic mass is 10.0. The second-order valence-corrected chi connectivity index (χ2v) is 6.57. The molecular formula is C18H26N4O2. The van der Waals surface area contributed by atoms with Crippen LogP contribution in [0.15, 0.2) is 18.2 Å². The van der Waals surface area contributed by atoms with Crippen LogP contribution in [0.2, 0.25) is 0 Å². The number of hydrogen-bond acceptors (Lipinski definition) is 4. The molecule has 1 saturated heterocycles. The van der Waals surface area contributed by atoms with Crippen LogP contribution in [0.4, 0.5) is 0 Å². The zero-order valence-electron chi connectivity index (χ0n) is 14.2. The van der Waals surface area contributed by atoms with E-state index in [0.29, 0.717) is 13.0 Å². The molecule has 3 rings (SSSR count). The summed E-state index contributed by atoms with van der Waals surface area (Å²) >= 11 is 0. The molecule has 24 heavy (non-hydrogen) atoms. The van der Waals surface area contributed by atoms with E-state index in [1.54, 1.807) is 0 Å². The monoisotopic (exact) mass is 330 g/mol. The number of likely N-dealkylation sites (tertiary alicyclic amines) is 1. The molecule has 3 N–H and O–H groups in total. The number of rotatable bonds is 6. The van der Waals surface area contributed by atoms with Gasteiger partial charge in [-0.25, -0.2) is 4.98 Å². The van der Waals surface area contributed by atoms with Gasteiger partial charge in [0.1, 0.15) is 5.82 Å². The van der Waals surface area contributed by atoms with Gasteiger partial charge in [0.25, 0.3) is 0 Å². The number of nitrogens with zero attached hydrogens (tertiary/aromatic N) is 2. The zero-order chi connectivity index (χ0) is 16.9. The van der Waals surface area contributed by atoms with Crippen LogP contribution in [-0.2, 0) is 11.2 Å². The normalized spacial score (nSPS) is 18.8. The Morgan fingerprint density at radius 2 is 2.33 bits per heavy atom. The van der Waals surface area contributed by atoms with E-state index in [2.05, 4.69) is 20.2 Å². The van der Waals surface area contributed by atoms with E-state index in [-0.39, 0.29) is 18.6 Å². The Hall–Kier alpha value is -1.92. The molecule has 6 heteroatoms. The van der Waals surface area contributed by atoms with Crippen molar-refractivity contribution in [3.8, 4) is 0 Å². The van der Waals surface area contributed by atoms with Crippen molar-refractivity contribution >= 4 is 16.9 Å². The van der Waals surface area contributed by atoms with Crippen molar-refractivity contribution in [2.45, 2.75) is 38.6 Å². The minimum atomic E-state index is 0.0307. The van der Waals surface area contributed by atoms with Gasteiger partial charge in [-0.3, -0.25) is 9.69 Å². The molecule has 0 unspecified atom stereocenters. The highest BCUT2D eigenvalue weighted by Gasteiger charge is 2.21. The van der Waals surface area contributed by atoms with Gasteiger partial charge in [0.05, 0.1) is 24.1 Å². The van der Waals surface area contributed by atoms with E-state index in [9.17, 15) is 9.90 Å². The van der Waals surface area contributed by atoms with Crippen LogP contribution in [-0.4, -0.2) is 58.2 Å². The number of carbonyl (C=O) groups is 1. The van der Waals surface area contributed by atoms with Gasteiger partial charge in [-0.2, -0.15) is 0 Å². The molecule has 0 saturated carbocycles. The first-order chi connectivity index (χ1) is 11.7. The van der Waals surface area contributed by atoms with E-state index in [1.165, 1.54) is 12.8 Å². The average Bonchev–Trinajstić information content (AvgIpc) is 2.94. The highest BCUT2D eigenvalue weighted by molar-refractivity contribution is 5.81. The average molecular weight is 330 g/mol. The first kappa shape index (κ1) is 16.9. The minimum Gasteiger partial charge on any atom is -0.395 e. The molecule has 1 fully saturated rings. The highest BCUT2D eigenvalue weighted by Crippen LogP contribution is 2.16. The Bertz CT molecular complexity index is 697. The Morgan fingerprint density at radius 3 is 3.17 bits per heavy atom. The summed E-state index contributed by atoms with van der Waals surface area (Å²) in [6.45, 7) is 4.57. The lowest BCUT2D eigenvalue weighted by Crippen LogP contribution is -2.45. The third-order valence-electron chi connectivity index (χ3n) is 4.71. The lowest BCUT2D eigenvalue weighted by molar-refractivity contribution is -0.120. The molecular weight excluding hydrogens is 304 g/mol. The quantitative estimate of drug-likeness (QED) is 0.747. The molecule has 1 amide bonds. The van der Waals surface area contributed by atoms with Gasteiger partial charge in [0, 0.05) is 19.1 Å². The molecule has 0 aliphatic carbocycles. The van der Waals surface area contributed by atoms with Crippen LogP contribution in [0.3, 0.4) is 0 Å². The van der Waals surface area contributed by atoms with Gasteiger partial charge in [0.2, 0.25) is 5.91 Å². The van der Waals surface area contributed by atoms with E-state index >= 15 is 0 Å². The first-order valence-corrected chi connectivity index (χ1v) is 8.72. The SMILES string of the molecule is Cc1nc2ccc(CC(=O)NCCN3CCCC[C@@H]3CO)cc2[nH]1. The van der Waals surface area contributed by atoms with Crippen LogP contribution < -0.4 is 5.32 Å². The Labute approximate surface area is 142 Å². The van der Waals surface area contributed by atoms with Crippen LogP contribution in [0.25, 0.3) is 11.0 Å². The second kappa shape index (κ2) is 7.77. The van der Waals surface area contributed by atoms with Crippen molar-refractivity contribution in [1.82, 2.24) is 20.2 Å². The Balaban J connectivity index is 1.47. The van der Waals surface area contributed by atoms with E-state index < -0.39 is 0 Å². The van der Waals surface area contributed by atoms with Gasteiger partial charge in [0.15, 0.2) is 0 Å². The fraction of sp³-hybridized carbons (Fsp3) is 0.556. The zero-order valence-corrected chi connectivity index (χ0v) is 14.2. The number of aromatic amines is 1. The smallest absolute Gasteiger partial charge is 0.224 e. The van der Waals surface area contributed by atoms with Crippen LogP contribution >= 0.6 is 0 Å². The molecule has 1 aromatic carbocycles. The number of imidazole rings is 1. The van der Waals surface area contributed by atoms with Crippen molar-refractivity contribution < 1.29 is 9.90 Å². The number of nitrogens with one attached hydrogen (secondary N) is 2. The molecule has 130 valence electrons. The van der Waals surface area contributed by atoms with Gasteiger partial charge >= 0.3 is 0 Å². The molecule has 2 aromatic rings. The van der Waals surface area contributed by atoms with Gasteiger partial charge in [-0.05, 0) is 44.0 Å². The van der Waals surface area contributed by atoms with Crippen molar-refractivity contribution in [2.75, 3.05) is 26.2 Å². The topological polar surface area (TPSA) is 81.2 Å². The predicted molar refractivity (Wildman–Crippen MR) is 93.8 cm³/mol. The summed E-state index contributed by atoms with van der Waals surface area (Å²) < 4.78 is 0. The van der Waals surface area contributed by atoms with Crippen LogP contribution in [0.1, 0.15) is 30.7 Å². The Kier molecular flexibility index (Phi) is 5.48. The predicted octanol–water partition coefficient (Wildman–Crippen LogP) is 1.38. The van der Waals surface area contributed by atoms with Crippen LogP contribution in [0.5, 0.6) is 0 Å². The van der Waals surface area contributed by atoms with Crippen molar-refractivity contribution in [2.24, 2.45) is 0 Å². The third kappa shape index (κ3) is 4.13. The van der Waals surface area contributed by atoms with Crippen molar-refractivity contribution in [3.63, 3.8) is 0 Å². The molecule has 1 aromatic heterocycles. The fourth-order valence-electron chi connectivity index (χ4n) is 3.44. The standard InChI is InChI=1S/C18H26N4O2/c1-13-20-16-6-5-14(10-17(16)21-13)11-18(24)19-7-9-22-8-3-2-4-15(22)12-23/h5-6,10,15,23H,2-4,7-9,11-12H2,1H3,(H,19,24)(H,20,21)/t15-/m1/s1. The second-order valence-electron chi connectivity index (χ2n) is 6.57. The highest BCUT2D eigenvalue weighted by atomic mass is 16.3. The fourth-order valence-corrected chi connectivity index (χ4v) is 3.44. The van der Waals surface area contributed by atoms with Gasteiger partial charge < -0.3 is 15.4 Å². The molecule has 0 spiro atoms. The summed E-state index contributed by atoms with van der Waals surface area (Å²) in [5.74, 6) is 0.912. The number of hydrogen-bond donors (Lipinski definition) is 3. The number of carbonyl (C=O) groups excluding carboxylic acids is 1. The number of amides is 1. The molecule has 1 atom stereocenters. The summed E-state index contributed by atoms with van der Waals surface area (Å²) in [6, 6.07) is 6.14. The van der Waals surface area contributed by atoms with E-state index in [1.807, 2.05) is 25.1 Å². The molecule has 1 aliphatic rings. The van der Waals surface area contributed by atoms with Crippen molar-refractivity contribution in [1.29, 1.82) is 0 Å². The summed E-state index contributed by atoms with van der Waals surface area (Å²) in [6.07, 6.45) is 3.78. The van der Waals surface area contributed by atoms with Gasteiger partial charge in [-0.1, -0.05) is 12.5 Å². The largest absolute Gasteiger partial charge is 0.395 e. The number of aromatic nitrogens is 2. The number of fused-ring (bicyclic) bond motifs is 1. The summed E-state index contributed by atoms with van der Waals surface area (Å²) in [4.78, 5) is 22.0. The third-order valence-corrected chi connectivity index (χ3v) is 4.71. The number of aliphatic hydroxyl groups is 1. The summed E-state index contributed by atoms with van der Waals surface area (Å²) in [5, 5.41) is 12.4. The Morgan fingerprint density at radius 1 is 1.46 bits per heavy atom. The maximum atomic E-state index is 12.1. The van der Waals surface area contributed by atoms with E-state index in [4.69, 9.17) is 0 Å². The summed E-state index contributed by atoms with van der Waals surface area (Å²) in [7, 11) is 0. The van der Waals surface area contributed by atoms with E-state index in [0.717, 1.165) is 41.9 Å². The number of H-pyrrole nitrogens is 1. The molecule has 1 aliphatic heterocycles. The molecule has 0 bridgehead atoms. The molecule has 6 nitrogen and oxygen atoms in total. The minimum absolute atomic E-state index is 0.0307. The summed E-state index contributed by atoms with van der Waals surface area (Å²) in [5.41, 5.74) is 2.88. The van der Waals surface area contributed by atoms with Crippen LogP contribution in [0, 0.1) is 6.92 Å².